The van der Waals surface area contributed by atoms with E-state index in [0.717, 1.165) is 33.5 Å². The van der Waals surface area contributed by atoms with Crippen molar-refractivity contribution in [1.82, 2.24) is 29.7 Å². The molecule has 0 fully saturated rings. The fourth-order valence-corrected chi connectivity index (χ4v) is 3.91. The molecule has 4 aromatic heterocycles. The summed E-state index contributed by atoms with van der Waals surface area (Å²) in [6.45, 7) is 2.18. The molecule has 1 amide bonds. The second kappa shape index (κ2) is 8.48. The lowest BCUT2D eigenvalue weighted by Crippen LogP contribution is -2.23. The Morgan fingerprint density at radius 3 is 2.85 bits per heavy atom. The Morgan fingerprint density at radius 2 is 1.97 bits per heavy atom. The fourth-order valence-electron chi connectivity index (χ4n) is 3.75. The van der Waals surface area contributed by atoms with Crippen molar-refractivity contribution in [2.45, 2.75) is 19.9 Å². The molecule has 164 valence electrons. The van der Waals surface area contributed by atoms with Crippen molar-refractivity contribution in [1.29, 1.82) is 0 Å². The molecule has 0 saturated heterocycles. The number of nitrogens with two attached hydrogens (primary N) is 1. The number of carbonyl (C=O) groups excluding carboxylic acids is 1. The van der Waals surface area contributed by atoms with E-state index in [9.17, 15) is 4.79 Å². The highest BCUT2D eigenvalue weighted by molar-refractivity contribution is 6.31. The molecule has 0 spiro atoms. The molecule has 4 heterocycles. The van der Waals surface area contributed by atoms with Crippen LogP contribution in [-0.4, -0.2) is 30.2 Å². The Labute approximate surface area is 194 Å². The molecule has 8 nitrogen and oxygen atoms in total. The number of amides is 1. The van der Waals surface area contributed by atoms with Crippen molar-refractivity contribution in [3.63, 3.8) is 0 Å². The van der Waals surface area contributed by atoms with E-state index in [2.05, 4.69) is 25.3 Å². The van der Waals surface area contributed by atoms with Crippen LogP contribution in [0.1, 0.15) is 33.0 Å². The van der Waals surface area contributed by atoms with Gasteiger partial charge in [-0.3, -0.25) is 19.2 Å². The van der Waals surface area contributed by atoms with Crippen molar-refractivity contribution in [3.05, 3.63) is 94.4 Å². The van der Waals surface area contributed by atoms with Crippen molar-refractivity contribution in [2.24, 2.45) is 0 Å². The predicted molar refractivity (Wildman–Crippen MR) is 127 cm³/mol. The number of pyridine rings is 2. The van der Waals surface area contributed by atoms with E-state index in [1.807, 2.05) is 41.8 Å². The van der Waals surface area contributed by atoms with E-state index in [1.165, 1.54) is 0 Å². The van der Waals surface area contributed by atoms with Gasteiger partial charge in [-0.1, -0.05) is 17.7 Å². The van der Waals surface area contributed by atoms with Gasteiger partial charge in [0.05, 0.1) is 10.5 Å². The zero-order chi connectivity index (χ0) is 22.9. The van der Waals surface area contributed by atoms with Gasteiger partial charge < -0.3 is 11.1 Å². The quantitative estimate of drug-likeness (QED) is 0.416. The summed E-state index contributed by atoms with van der Waals surface area (Å²) >= 11 is 6.07. The van der Waals surface area contributed by atoms with Gasteiger partial charge in [0.2, 0.25) is 0 Å². The molecule has 5 aromatic rings. The fraction of sp³-hybridized carbons (Fsp3) is 0.125. The second-order valence-corrected chi connectivity index (χ2v) is 8.21. The third-order valence-corrected chi connectivity index (χ3v) is 5.57. The lowest BCUT2D eigenvalue weighted by Gasteiger charge is -2.08. The first-order chi connectivity index (χ1) is 16.0. The van der Waals surface area contributed by atoms with Crippen LogP contribution in [0.3, 0.4) is 0 Å². The van der Waals surface area contributed by atoms with Gasteiger partial charge in [0.1, 0.15) is 5.82 Å². The van der Waals surface area contributed by atoms with Gasteiger partial charge in [-0.25, -0.2) is 9.97 Å². The van der Waals surface area contributed by atoms with Crippen LogP contribution in [0.4, 0.5) is 5.82 Å². The van der Waals surface area contributed by atoms with Crippen LogP contribution in [0.15, 0.2) is 61.2 Å². The molecule has 0 atom stereocenters. The molecule has 0 aliphatic rings. The number of hydrogen-bond donors (Lipinski definition) is 2. The number of nitrogens with one attached hydrogen (secondary N) is 1. The van der Waals surface area contributed by atoms with E-state index in [4.69, 9.17) is 17.3 Å². The molecule has 9 heteroatoms. The van der Waals surface area contributed by atoms with Crippen molar-refractivity contribution in [2.75, 3.05) is 5.73 Å². The molecule has 1 aromatic carbocycles. The van der Waals surface area contributed by atoms with Crippen molar-refractivity contribution >= 4 is 39.9 Å². The summed E-state index contributed by atoms with van der Waals surface area (Å²) in [6.07, 6.45) is 7.43. The molecular formula is C24H20ClN7O. The number of aryl methyl sites for hydroxylation is 1. The van der Waals surface area contributed by atoms with Gasteiger partial charge >= 0.3 is 0 Å². The molecule has 0 bridgehead atoms. The largest absolute Gasteiger partial charge is 0.381 e. The lowest BCUT2D eigenvalue weighted by molar-refractivity contribution is 0.0950. The Hall–Kier alpha value is -4.04. The maximum atomic E-state index is 12.7. The van der Waals surface area contributed by atoms with Gasteiger partial charge in [0, 0.05) is 60.0 Å². The number of nitrogens with zero attached hydrogens (tertiary/aromatic N) is 5. The molecule has 0 unspecified atom stereocenters. The number of imidazole rings is 1. The maximum absolute atomic E-state index is 12.7. The van der Waals surface area contributed by atoms with Crippen LogP contribution < -0.4 is 11.1 Å². The van der Waals surface area contributed by atoms with Gasteiger partial charge in [0.15, 0.2) is 11.5 Å². The topological polar surface area (TPSA) is 111 Å². The summed E-state index contributed by atoms with van der Waals surface area (Å²) in [7, 11) is 0. The summed E-state index contributed by atoms with van der Waals surface area (Å²) in [5, 5.41) is 4.49. The summed E-state index contributed by atoms with van der Waals surface area (Å²) < 4.78 is 1.81. The number of benzene rings is 1. The molecule has 3 N–H and O–H groups in total. The van der Waals surface area contributed by atoms with Gasteiger partial charge in [0.25, 0.3) is 5.91 Å². The zero-order valence-electron chi connectivity index (χ0n) is 17.8. The Kier molecular flexibility index (Phi) is 5.35. The number of hydrogen-bond acceptors (Lipinski definition) is 6. The minimum atomic E-state index is -0.185. The number of halogens is 1. The van der Waals surface area contributed by atoms with Crippen LogP contribution in [0, 0.1) is 6.92 Å². The predicted octanol–water partition coefficient (Wildman–Crippen LogP) is 3.74. The van der Waals surface area contributed by atoms with E-state index in [1.54, 1.807) is 30.7 Å². The van der Waals surface area contributed by atoms with Crippen molar-refractivity contribution < 1.29 is 4.79 Å². The smallest absolute Gasteiger partial charge is 0.251 e. The number of carbonyl (C=O) groups is 1. The lowest BCUT2D eigenvalue weighted by atomic mass is 10.0. The van der Waals surface area contributed by atoms with Crippen LogP contribution >= 0.6 is 11.6 Å². The molecule has 0 radical (unpaired) electrons. The van der Waals surface area contributed by atoms with E-state index in [0.29, 0.717) is 35.0 Å². The van der Waals surface area contributed by atoms with E-state index < -0.39 is 0 Å². The zero-order valence-corrected chi connectivity index (χ0v) is 18.5. The van der Waals surface area contributed by atoms with Crippen LogP contribution in [0.5, 0.6) is 0 Å². The highest BCUT2D eigenvalue weighted by Gasteiger charge is 2.10. The number of anilines is 1. The van der Waals surface area contributed by atoms with E-state index >= 15 is 0 Å². The molecule has 0 aliphatic heterocycles. The third-order valence-electron chi connectivity index (χ3n) is 5.37. The number of aromatic nitrogens is 5. The Balaban J connectivity index is 1.29. The maximum Gasteiger partial charge on any atom is 0.251 e. The minimum Gasteiger partial charge on any atom is -0.381 e. The van der Waals surface area contributed by atoms with Crippen molar-refractivity contribution in [3.8, 4) is 0 Å². The number of rotatable bonds is 5. The normalized spacial score (nSPS) is 11.2. The van der Waals surface area contributed by atoms with Gasteiger partial charge in [-0.15, -0.1) is 0 Å². The molecular weight excluding hydrogens is 438 g/mol. The molecule has 33 heavy (non-hydrogen) atoms. The Morgan fingerprint density at radius 1 is 1.09 bits per heavy atom. The first-order valence-corrected chi connectivity index (χ1v) is 10.7. The van der Waals surface area contributed by atoms with Crippen LogP contribution in [0.2, 0.25) is 5.02 Å². The molecule has 0 saturated carbocycles. The van der Waals surface area contributed by atoms with Gasteiger partial charge in [-0.2, -0.15) is 0 Å². The Bertz CT molecular complexity index is 1510. The molecule has 0 aliphatic carbocycles. The highest BCUT2D eigenvalue weighted by atomic mass is 35.5. The SMILES string of the molecule is Cc1nc(N)c2ncc(CNC(=O)c3ccnc(Cc4ccc5ncc(Cl)cc5c4)c3)cn12. The summed E-state index contributed by atoms with van der Waals surface area (Å²) in [4.78, 5) is 30.0. The van der Waals surface area contributed by atoms with Crippen LogP contribution in [-0.2, 0) is 13.0 Å². The summed E-state index contributed by atoms with van der Waals surface area (Å²) in [5.74, 6) is 0.946. The van der Waals surface area contributed by atoms with E-state index in [-0.39, 0.29) is 5.91 Å². The average Bonchev–Trinajstić information content (AvgIpc) is 3.10. The first kappa shape index (κ1) is 20.8. The third kappa shape index (κ3) is 4.33. The molecule has 5 rings (SSSR count). The monoisotopic (exact) mass is 457 g/mol. The van der Waals surface area contributed by atoms with Gasteiger partial charge in [-0.05, 0) is 42.8 Å². The van der Waals surface area contributed by atoms with Crippen LogP contribution in [0.25, 0.3) is 16.6 Å². The summed E-state index contributed by atoms with van der Waals surface area (Å²) in [5.41, 5.74) is 10.6. The number of nitrogen functional groups attached to an aromatic ring is 1. The number of fused-ring (bicyclic) bond motifs is 2. The second-order valence-electron chi connectivity index (χ2n) is 7.78. The minimum absolute atomic E-state index is 0.185. The first-order valence-electron chi connectivity index (χ1n) is 10.3. The average molecular weight is 458 g/mol. The highest BCUT2D eigenvalue weighted by Crippen LogP contribution is 2.20. The standard InChI is InChI=1S/C24H20ClN7O/c1-14-31-22(26)23-29-10-16(13-32(14)23)11-30-24(33)17-4-5-27-20(9-17)7-15-2-3-21-18(6-15)8-19(25)12-28-21/h2-6,8-10,12-13H,7,11,26H2,1H3,(H,30,33). The summed E-state index contributed by atoms with van der Waals surface area (Å²) in [6, 6.07) is 11.4.